The van der Waals surface area contributed by atoms with Crippen LogP contribution in [0.3, 0.4) is 0 Å². The first-order valence-corrected chi connectivity index (χ1v) is 5.48. The summed E-state index contributed by atoms with van der Waals surface area (Å²) in [6.07, 6.45) is 2.38. The Morgan fingerprint density at radius 1 is 1.77 bits per heavy atom. The quantitative estimate of drug-likeness (QED) is 0.750. The van der Waals surface area contributed by atoms with E-state index in [1.165, 1.54) is 0 Å². The number of likely N-dealkylation sites (tertiary alicyclic amines) is 1. The standard InChI is InChI=1S/C8H10N2OS2/c11-8-1-6(12)3-10(8)4-7-2-9-5-13-7/h2,5-6,12H,1,3-4H2. The van der Waals surface area contributed by atoms with Gasteiger partial charge in [0.05, 0.1) is 12.1 Å². The van der Waals surface area contributed by atoms with Gasteiger partial charge in [0.1, 0.15) is 0 Å². The van der Waals surface area contributed by atoms with Crippen molar-refractivity contribution >= 4 is 29.9 Å². The highest BCUT2D eigenvalue weighted by atomic mass is 32.1. The lowest BCUT2D eigenvalue weighted by Crippen LogP contribution is -2.24. The monoisotopic (exact) mass is 214 g/mol. The maximum atomic E-state index is 11.4. The highest BCUT2D eigenvalue weighted by molar-refractivity contribution is 7.81. The fourth-order valence-corrected chi connectivity index (χ4v) is 2.37. The summed E-state index contributed by atoms with van der Waals surface area (Å²) < 4.78 is 0. The number of carbonyl (C=O) groups is 1. The summed E-state index contributed by atoms with van der Waals surface area (Å²) in [6.45, 7) is 1.46. The van der Waals surface area contributed by atoms with E-state index in [4.69, 9.17) is 0 Å². The summed E-state index contributed by atoms with van der Waals surface area (Å²) in [7, 11) is 0. The molecule has 0 bridgehead atoms. The highest BCUT2D eigenvalue weighted by Crippen LogP contribution is 2.19. The van der Waals surface area contributed by atoms with Gasteiger partial charge >= 0.3 is 0 Å². The zero-order valence-electron chi connectivity index (χ0n) is 7.01. The minimum atomic E-state index is 0.202. The maximum Gasteiger partial charge on any atom is 0.224 e. The number of rotatable bonds is 2. The molecule has 1 unspecified atom stereocenters. The molecule has 1 amide bonds. The number of hydrogen-bond acceptors (Lipinski definition) is 4. The first-order chi connectivity index (χ1) is 6.25. The fraction of sp³-hybridized carbons (Fsp3) is 0.500. The van der Waals surface area contributed by atoms with Crippen molar-refractivity contribution in [2.24, 2.45) is 0 Å². The number of thiol groups is 1. The average Bonchev–Trinajstić information content (AvgIpc) is 2.63. The van der Waals surface area contributed by atoms with Gasteiger partial charge in [0, 0.05) is 29.3 Å². The Morgan fingerprint density at radius 2 is 2.62 bits per heavy atom. The molecular weight excluding hydrogens is 204 g/mol. The second-order valence-electron chi connectivity index (χ2n) is 3.10. The van der Waals surface area contributed by atoms with Crippen LogP contribution < -0.4 is 0 Å². The SMILES string of the molecule is O=C1CC(S)CN1Cc1cncs1. The Hall–Kier alpha value is -0.550. The van der Waals surface area contributed by atoms with Gasteiger partial charge in [-0.05, 0) is 0 Å². The Bertz CT molecular complexity index is 299. The second-order valence-corrected chi connectivity index (χ2v) is 4.80. The third kappa shape index (κ3) is 2.03. The van der Waals surface area contributed by atoms with E-state index < -0.39 is 0 Å². The Balaban J connectivity index is 1.99. The molecular formula is C8H10N2OS2. The van der Waals surface area contributed by atoms with Crippen LogP contribution in [0.5, 0.6) is 0 Å². The molecule has 1 aliphatic heterocycles. The largest absolute Gasteiger partial charge is 0.336 e. The molecule has 0 radical (unpaired) electrons. The van der Waals surface area contributed by atoms with Crippen LogP contribution in [0.1, 0.15) is 11.3 Å². The van der Waals surface area contributed by atoms with Crippen LogP contribution in [0.15, 0.2) is 11.7 Å². The molecule has 70 valence electrons. The van der Waals surface area contributed by atoms with E-state index in [1.54, 1.807) is 16.8 Å². The Labute approximate surface area is 86.2 Å². The van der Waals surface area contributed by atoms with Gasteiger partial charge in [0.2, 0.25) is 5.91 Å². The van der Waals surface area contributed by atoms with E-state index >= 15 is 0 Å². The molecule has 2 rings (SSSR count). The minimum absolute atomic E-state index is 0.202. The van der Waals surface area contributed by atoms with Crippen LogP contribution in [-0.4, -0.2) is 27.6 Å². The normalized spacial score (nSPS) is 22.7. The van der Waals surface area contributed by atoms with Crippen LogP contribution in [0.2, 0.25) is 0 Å². The van der Waals surface area contributed by atoms with Gasteiger partial charge in [-0.25, -0.2) is 0 Å². The minimum Gasteiger partial charge on any atom is -0.336 e. The van der Waals surface area contributed by atoms with Crippen molar-refractivity contribution in [2.45, 2.75) is 18.2 Å². The smallest absolute Gasteiger partial charge is 0.224 e. The predicted octanol–water partition coefficient (Wildman–Crippen LogP) is 1.17. The molecule has 0 saturated carbocycles. The molecule has 0 N–H and O–H groups in total. The highest BCUT2D eigenvalue weighted by Gasteiger charge is 2.27. The average molecular weight is 214 g/mol. The summed E-state index contributed by atoms with van der Waals surface area (Å²) in [5.74, 6) is 0.202. The van der Waals surface area contributed by atoms with E-state index in [9.17, 15) is 4.79 Å². The van der Waals surface area contributed by atoms with Gasteiger partial charge in [-0.1, -0.05) is 0 Å². The molecule has 1 fully saturated rings. The molecule has 1 aromatic heterocycles. The third-order valence-corrected chi connectivity index (χ3v) is 3.13. The summed E-state index contributed by atoms with van der Waals surface area (Å²) in [5, 5.41) is 0.209. The molecule has 0 spiro atoms. The van der Waals surface area contributed by atoms with Gasteiger partial charge in [-0.2, -0.15) is 12.6 Å². The van der Waals surface area contributed by atoms with Crippen LogP contribution in [0.25, 0.3) is 0 Å². The number of aromatic nitrogens is 1. The van der Waals surface area contributed by atoms with Crippen molar-refractivity contribution in [1.82, 2.24) is 9.88 Å². The number of amides is 1. The first-order valence-electron chi connectivity index (χ1n) is 4.09. The molecule has 0 aromatic carbocycles. The zero-order chi connectivity index (χ0) is 9.26. The van der Waals surface area contributed by atoms with Crippen molar-refractivity contribution in [3.05, 3.63) is 16.6 Å². The molecule has 0 aliphatic carbocycles. The van der Waals surface area contributed by atoms with E-state index in [0.29, 0.717) is 13.0 Å². The van der Waals surface area contributed by atoms with E-state index in [2.05, 4.69) is 17.6 Å². The van der Waals surface area contributed by atoms with Crippen molar-refractivity contribution in [2.75, 3.05) is 6.54 Å². The molecule has 1 atom stereocenters. The van der Waals surface area contributed by atoms with Crippen molar-refractivity contribution < 1.29 is 4.79 Å². The van der Waals surface area contributed by atoms with Gasteiger partial charge < -0.3 is 4.90 Å². The van der Waals surface area contributed by atoms with Crippen LogP contribution >= 0.6 is 24.0 Å². The van der Waals surface area contributed by atoms with Gasteiger partial charge in [0.15, 0.2) is 0 Å². The van der Waals surface area contributed by atoms with Crippen LogP contribution in [0.4, 0.5) is 0 Å². The van der Waals surface area contributed by atoms with Crippen LogP contribution in [-0.2, 0) is 11.3 Å². The number of carbonyl (C=O) groups excluding carboxylic acids is 1. The summed E-state index contributed by atoms with van der Waals surface area (Å²) >= 11 is 5.87. The molecule has 1 aliphatic rings. The van der Waals surface area contributed by atoms with Crippen molar-refractivity contribution in [3.63, 3.8) is 0 Å². The number of thiazole rings is 1. The van der Waals surface area contributed by atoms with E-state index in [1.807, 2.05) is 11.1 Å². The lowest BCUT2D eigenvalue weighted by atomic mass is 10.4. The number of hydrogen-bond donors (Lipinski definition) is 1. The first kappa shape index (κ1) is 9.02. The molecule has 1 aromatic rings. The predicted molar refractivity (Wildman–Crippen MR) is 54.9 cm³/mol. The Kier molecular flexibility index (Phi) is 2.55. The maximum absolute atomic E-state index is 11.4. The van der Waals surface area contributed by atoms with Gasteiger partial charge in [-0.3, -0.25) is 9.78 Å². The molecule has 3 nitrogen and oxygen atoms in total. The lowest BCUT2D eigenvalue weighted by molar-refractivity contribution is -0.128. The molecule has 13 heavy (non-hydrogen) atoms. The lowest BCUT2D eigenvalue weighted by Gasteiger charge is -2.13. The summed E-state index contributed by atoms with van der Waals surface area (Å²) in [4.78, 5) is 18.3. The van der Waals surface area contributed by atoms with Crippen LogP contribution in [0, 0.1) is 0 Å². The zero-order valence-corrected chi connectivity index (χ0v) is 8.72. The Morgan fingerprint density at radius 3 is 3.15 bits per heavy atom. The molecule has 5 heteroatoms. The van der Waals surface area contributed by atoms with Gasteiger partial charge in [0.25, 0.3) is 0 Å². The topological polar surface area (TPSA) is 33.2 Å². The van der Waals surface area contributed by atoms with E-state index in [-0.39, 0.29) is 11.2 Å². The summed E-state index contributed by atoms with van der Waals surface area (Å²) in [5.41, 5.74) is 1.79. The fourth-order valence-electron chi connectivity index (χ4n) is 1.41. The molecule has 1 saturated heterocycles. The van der Waals surface area contributed by atoms with E-state index in [0.717, 1.165) is 11.4 Å². The van der Waals surface area contributed by atoms with Gasteiger partial charge in [-0.15, -0.1) is 11.3 Å². The number of nitrogens with zero attached hydrogens (tertiary/aromatic N) is 2. The second kappa shape index (κ2) is 3.67. The van der Waals surface area contributed by atoms with Crippen molar-refractivity contribution in [1.29, 1.82) is 0 Å². The summed E-state index contributed by atoms with van der Waals surface area (Å²) in [6, 6.07) is 0. The van der Waals surface area contributed by atoms with Crippen molar-refractivity contribution in [3.8, 4) is 0 Å². The molecule has 2 heterocycles. The third-order valence-electron chi connectivity index (χ3n) is 2.02.